The molecule has 0 fully saturated rings. The third kappa shape index (κ3) is 3.80. The zero-order valence-electron chi connectivity index (χ0n) is 13.9. The highest BCUT2D eigenvalue weighted by Crippen LogP contribution is 2.32. The SMILES string of the molecule is COc1ccc(OC)c(S(=O)(=O)NCCc2ccc3c(c2)OCO3)c1. The number of hydrogen-bond acceptors (Lipinski definition) is 6. The van der Waals surface area contributed by atoms with Gasteiger partial charge in [0.25, 0.3) is 0 Å². The van der Waals surface area contributed by atoms with Crippen LogP contribution in [0.3, 0.4) is 0 Å². The summed E-state index contributed by atoms with van der Waals surface area (Å²) in [7, 11) is -0.827. The van der Waals surface area contributed by atoms with Crippen LogP contribution in [0.15, 0.2) is 41.3 Å². The van der Waals surface area contributed by atoms with E-state index in [9.17, 15) is 8.42 Å². The molecule has 0 bridgehead atoms. The molecular weight excluding hydrogens is 346 g/mol. The zero-order chi connectivity index (χ0) is 17.9. The van der Waals surface area contributed by atoms with Crippen molar-refractivity contribution in [2.75, 3.05) is 27.6 Å². The van der Waals surface area contributed by atoms with Crippen LogP contribution in [0, 0.1) is 0 Å². The first kappa shape index (κ1) is 17.4. The molecule has 25 heavy (non-hydrogen) atoms. The summed E-state index contributed by atoms with van der Waals surface area (Å²) in [5.74, 6) is 2.08. The topological polar surface area (TPSA) is 83.1 Å². The van der Waals surface area contributed by atoms with Gasteiger partial charge in [-0.15, -0.1) is 0 Å². The average Bonchev–Trinajstić information content (AvgIpc) is 3.08. The molecule has 0 aliphatic carbocycles. The normalized spacial score (nSPS) is 12.9. The van der Waals surface area contributed by atoms with E-state index >= 15 is 0 Å². The molecule has 0 saturated carbocycles. The van der Waals surface area contributed by atoms with Gasteiger partial charge >= 0.3 is 0 Å². The Morgan fingerprint density at radius 2 is 1.84 bits per heavy atom. The van der Waals surface area contributed by atoms with Crippen molar-refractivity contribution in [2.45, 2.75) is 11.3 Å². The van der Waals surface area contributed by atoms with E-state index < -0.39 is 10.0 Å². The van der Waals surface area contributed by atoms with Crippen LogP contribution in [0.4, 0.5) is 0 Å². The quantitative estimate of drug-likeness (QED) is 0.808. The Labute approximate surface area is 146 Å². The lowest BCUT2D eigenvalue weighted by molar-refractivity contribution is 0.174. The number of benzene rings is 2. The molecule has 1 N–H and O–H groups in total. The van der Waals surface area contributed by atoms with E-state index in [-0.39, 0.29) is 24.0 Å². The van der Waals surface area contributed by atoms with Crippen molar-refractivity contribution in [3.8, 4) is 23.0 Å². The van der Waals surface area contributed by atoms with Crippen molar-refractivity contribution in [2.24, 2.45) is 0 Å². The van der Waals surface area contributed by atoms with E-state index in [2.05, 4.69) is 4.72 Å². The molecule has 0 amide bonds. The fraction of sp³-hybridized carbons (Fsp3) is 0.294. The molecule has 1 aliphatic rings. The van der Waals surface area contributed by atoms with Crippen molar-refractivity contribution >= 4 is 10.0 Å². The van der Waals surface area contributed by atoms with Gasteiger partial charge in [0.1, 0.15) is 16.4 Å². The van der Waals surface area contributed by atoms with Gasteiger partial charge in [0.2, 0.25) is 16.8 Å². The standard InChI is InChI=1S/C17H19NO6S/c1-21-13-4-6-15(22-2)17(10-13)25(19,20)18-8-7-12-3-5-14-16(9-12)24-11-23-14/h3-6,9-10,18H,7-8,11H2,1-2H3. The Morgan fingerprint density at radius 3 is 2.60 bits per heavy atom. The van der Waals surface area contributed by atoms with E-state index in [1.54, 1.807) is 12.1 Å². The third-order valence-electron chi connectivity index (χ3n) is 3.80. The van der Waals surface area contributed by atoms with Gasteiger partial charge in [-0.2, -0.15) is 0 Å². The molecule has 0 radical (unpaired) electrons. The molecule has 134 valence electrons. The number of sulfonamides is 1. The highest BCUT2D eigenvalue weighted by Gasteiger charge is 2.20. The summed E-state index contributed by atoms with van der Waals surface area (Å²) in [5.41, 5.74) is 0.949. The second-order valence-corrected chi connectivity index (χ2v) is 7.09. The second kappa shape index (κ2) is 7.20. The van der Waals surface area contributed by atoms with E-state index in [4.69, 9.17) is 18.9 Å². The lowest BCUT2D eigenvalue weighted by atomic mass is 10.1. The summed E-state index contributed by atoms with van der Waals surface area (Å²) in [6.45, 7) is 0.448. The summed E-state index contributed by atoms with van der Waals surface area (Å²) in [5, 5.41) is 0. The molecule has 0 unspecified atom stereocenters. The maximum Gasteiger partial charge on any atom is 0.244 e. The van der Waals surface area contributed by atoms with Crippen molar-refractivity contribution in [1.29, 1.82) is 0 Å². The Kier molecular flexibility index (Phi) is 5.00. The largest absolute Gasteiger partial charge is 0.497 e. The molecule has 8 heteroatoms. The van der Waals surface area contributed by atoms with Gasteiger partial charge in [-0.3, -0.25) is 0 Å². The highest BCUT2D eigenvalue weighted by molar-refractivity contribution is 7.89. The van der Waals surface area contributed by atoms with E-state index in [1.165, 1.54) is 20.3 Å². The number of ether oxygens (including phenoxy) is 4. The minimum Gasteiger partial charge on any atom is -0.497 e. The molecule has 7 nitrogen and oxygen atoms in total. The van der Waals surface area contributed by atoms with Crippen molar-refractivity contribution in [1.82, 2.24) is 4.72 Å². The Bertz CT molecular complexity index is 865. The molecular formula is C17H19NO6S. The van der Waals surface area contributed by atoms with Crippen LogP contribution in [0.1, 0.15) is 5.56 Å². The minimum atomic E-state index is -3.73. The Balaban J connectivity index is 1.70. The van der Waals surface area contributed by atoms with Gasteiger partial charge in [-0.05, 0) is 36.2 Å². The van der Waals surface area contributed by atoms with Gasteiger partial charge in [-0.1, -0.05) is 6.07 Å². The first-order valence-corrected chi connectivity index (χ1v) is 9.12. The lowest BCUT2D eigenvalue weighted by Gasteiger charge is -2.12. The zero-order valence-corrected chi connectivity index (χ0v) is 14.8. The fourth-order valence-electron chi connectivity index (χ4n) is 2.50. The fourth-order valence-corrected chi connectivity index (χ4v) is 3.71. The third-order valence-corrected chi connectivity index (χ3v) is 5.29. The van der Waals surface area contributed by atoms with Gasteiger partial charge < -0.3 is 18.9 Å². The van der Waals surface area contributed by atoms with Crippen molar-refractivity contribution < 1.29 is 27.4 Å². The molecule has 1 aliphatic heterocycles. The average molecular weight is 365 g/mol. The van der Waals surface area contributed by atoms with Crippen LogP contribution in [0.5, 0.6) is 23.0 Å². The predicted molar refractivity (Wildman–Crippen MR) is 91.0 cm³/mol. The Hall–Kier alpha value is -2.45. The molecule has 3 rings (SSSR count). The molecule has 1 heterocycles. The van der Waals surface area contributed by atoms with Crippen LogP contribution in [0.25, 0.3) is 0 Å². The summed E-state index contributed by atoms with van der Waals surface area (Å²) in [6.07, 6.45) is 0.516. The van der Waals surface area contributed by atoms with Gasteiger partial charge in [-0.25, -0.2) is 13.1 Å². The lowest BCUT2D eigenvalue weighted by Crippen LogP contribution is -2.26. The maximum atomic E-state index is 12.6. The molecule has 0 saturated heterocycles. The maximum absolute atomic E-state index is 12.6. The monoisotopic (exact) mass is 365 g/mol. The highest BCUT2D eigenvalue weighted by atomic mass is 32.2. The van der Waals surface area contributed by atoms with E-state index in [0.717, 1.165) is 5.56 Å². The first-order valence-electron chi connectivity index (χ1n) is 7.64. The predicted octanol–water partition coefficient (Wildman–Crippen LogP) is 1.95. The minimum absolute atomic E-state index is 0.0417. The molecule has 0 atom stereocenters. The van der Waals surface area contributed by atoms with Crippen LogP contribution < -0.4 is 23.7 Å². The van der Waals surface area contributed by atoms with Crippen molar-refractivity contribution in [3.05, 3.63) is 42.0 Å². The van der Waals surface area contributed by atoms with Crippen LogP contribution >= 0.6 is 0 Å². The molecule has 0 spiro atoms. The number of methoxy groups -OCH3 is 2. The van der Waals surface area contributed by atoms with Gasteiger partial charge in [0, 0.05) is 12.6 Å². The van der Waals surface area contributed by atoms with E-state index in [1.807, 2.05) is 18.2 Å². The smallest absolute Gasteiger partial charge is 0.244 e. The van der Waals surface area contributed by atoms with Crippen LogP contribution in [-0.4, -0.2) is 36.0 Å². The van der Waals surface area contributed by atoms with Crippen LogP contribution in [0.2, 0.25) is 0 Å². The molecule has 2 aromatic rings. The number of rotatable bonds is 7. The number of fused-ring (bicyclic) bond motifs is 1. The van der Waals surface area contributed by atoms with Gasteiger partial charge in [0.15, 0.2) is 11.5 Å². The van der Waals surface area contributed by atoms with Crippen LogP contribution in [-0.2, 0) is 16.4 Å². The summed E-state index contributed by atoms with van der Waals surface area (Å²) in [6, 6.07) is 10.2. The summed E-state index contributed by atoms with van der Waals surface area (Å²) < 4.78 is 48.5. The van der Waals surface area contributed by atoms with Gasteiger partial charge in [0.05, 0.1) is 14.2 Å². The van der Waals surface area contributed by atoms with E-state index in [0.29, 0.717) is 23.7 Å². The number of hydrogen-bond donors (Lipinski definition) is 1. The number of nitrogens with one attached hydrogen (secondary N) is 1. The summed E-state index contributed by atoms with van der Waals surface area (Å²) in [4.78, 5) is 0.0417. The molecule has 0 aromatic heterocycles. The molecule has 2 aromatic carbocycles. The Morgan fingerprint density at radius 1 is 1.04 bits per heavy atom. The second-order valence-electron chi connectivity index (χ2n) is 5.35. The van der Waals surface area contributed by atoms with Crippen molar-refractivity contribution in [3.63, 3.8) is 0 Å². The first-order chi connectivity index (χ1) is 12.0. The summed E-state index contributed by atoms with van der Waals surface area (Å²) >= 11 is 0.